The molecule has 0 spiro atoms. The fourth-order valence-electron chi connectivity index (χ4n) is 2.88. The van der Waals surface area contributed by atoms with E-state index in [1.54, 1.807) is 24.3 Å². The van der Waals surface area contributed by atoms with E-state index in [1.165, 1.54) is 31.7 Å². The second kappa shape index (κ2) is 7.11. The van der Waals surface area contributed by atoms with Crippen LogP contribution in [0.25, 0.3) is 0 Å². The molecule has 26 heavy (non-hydrogen) atoms. The summed E-state index contributed by atoms with van der Waals surface area (Å²) in [5.74, 6) is 1.16. The minimum atomic E-state index is -0.476. The van der Waals surface area contributed by atoms with Crippen LogP contribution in [0.5, 0.6) is 0 Å². The van der Waals surface area contributed by atoms with Crippen molar-refractivity contribution < 1.29 is 14.3 Å². The van der Waals surface area contributed by atoms with E-state index in [0.29, 0.717) is 23.2 Å². The molecule has 0 saturated heterocycles. The van der Waals surface area contributed by atoms with Crippen LogP contribution >= 0.6 is 11.8 Å². The number of anilines is 1. The number of para-hydroxylation sites is 1. The zero-order valence-electron chi connectivity index (χ0n) is 14.5. The van der Waals surface area contributed by atoms with Gasteiger partial charge in [0.2, 0.25) is 5.91 Å². The van der Waals surface area contributed by atoms with Gasteiger partial charge in [-0.1, -0.05) is 23.9 Å². The van der Waals surface area contributed by atoms with Crippen LogP contribution in [-0.2, 0) is 9.53 Å². The third-order valence-electron chi connectivity index (χ3n) is 4.48. The molecule has 2 saturated carbocycles. The Bertz CT molecular complexity index is 843. The van der Waals surface area contributed by atoms with Crippen molar-refractivity contribution >= 4 is 29.3 Å². The molecule has 1 amide bonds. The monoisotopic (exact) mass is 372 g/mol. The molecular formula is C18H20N4O3S. The van der Waals surface area contributed by atoms with Crippen molar-refractivity contribution in [3.8, 4) is 0 Å². The van der Waals surface area contributed by atoms with E-state index in [9.17, 15) is 9.59 Å². The fourth-order valence-corrected chi connectivity index (χ4v) is 3.69. The number of carbonyl (C=O) groups excluding carboxylic acids is 2. The number of thioether (sulfide) groups is 1. The Morgan fingerprint density at radius 3 is 2.69 bits per heavy atom. The molecule has 1 aromatic heterocycles. The summed E-state index contributed by atoms with van der Waals surface area (Å²) in [6.45, 7) is 0. The molecular weight excluding hydrogens is 352 g/mol. The Labute approximate surface area is 155 Å². The molecule has 0 radical (unpaired) electrons. The number of methoxy groups -OCH3 is 1. The molecule has 2 aliphatic carbocycles. The number of aromatic nitrogens is 3. The highest BCUT2D eigenvalue weighted by molar-refractivity contribution is 7.99. The maximum absolute atomic E-state index is 12.4. The van der Waals surface area contributed by atoms with Crippen LogP contribution in [0.3, 0.4) is 0 Å². The highest BCUT2D eigenvalue weighted by atomic mass is 32.2. The Morgan fingerprint density at radius 2 is 2.00 bits per heavy atom. The van der Waals surface area contributed by atoms with Crippen LogP contribution in [0.2, 0.25) is 0 Å². The number of benzene rings is 1. The predicted octanol–water partition coefficient (Wildman–Crippen LogP) is 3.01. The summed E-state index contributed by atoms with van der Waals surface area (Å²) in [7, 11) is 1.32. The lowest BCUT2D eigenvalue weighted by Crippen LogP contribution is -2.17. The standard InChI is InChI=1S/C18H20N4O3S/c1-25-17(24)13-4-2-3-5-14(13)19-15(23)10-26-18-21-20-16(11-6-7-11)22(18)12-8-9-12/h2-5,11-12H,6-10H2,1H3,(H,19,23). The number of amides is 1. The molecule has 1 N–H and O–H groups in total. The summed E-state index contributed by atoms with van der Waals surface area (Å²) in [6, 6.07) is 7.30. The maximum Gasteiger partial charge on any atom is 0.339 e. The van der Waals surface area contributed by atoms with Gasteiger partial charge in [0.25, 0.3) is 0 Å². The number of carbonyl (C=O) groups is 2. The molecule has 0 aliphatic heterocycles. The molecule has 2 aromatic rings. The van der Waals surface area contributed by atoms with Gasteiger partial charge >= 0.3 is 5.97 Å². The molecule has 0 atom stereocenters. The molecule has 7 nitrogen and oxygen atoms in total. The Morgan fingerprint density at radius 1 is 1.23 bits per heavy atom. The van der Waals surface area contributed by atoms with E-state index in [1.807, 2.05) is 0 Å². The first-order valence-corrected chi connectivity index (χ1v) is 9.70. The summed E-state index contributed by atoms with van der Waals surface area (Å²) in [5, 5.41) is 12.2. The zero-order valence-corrected chi connectivity index (χ0v) is 15.3. The van der Waals surface area contributed by atoms with Gasteiger partial charge in [-0.3, -0.25) is 4.79 Å². The Balaban J connectivity index is 1.42. The van der Waals surface area contributed by atoms with E-state index in [-0.39, 0.29) is 11.7 Å². The molecule has 0 bridgehead atoms. The number of hydrogen-bond donors (Lipinski definition) is 1. The van der Waals surface area contributed by atoms with Crippen LogP contribution in [0.15, 0.2) is 29.4 Å². The van der Waals surface area contributed by atoms with Crippen LogP contribution in [0, 0.1) is 0 Å². The average Bonchev–Trinajstić information content (AvgIpc) is 3.58. The lowest BCUT2D eigenvalue weighted by atomic mass is 10.2. The summed E-state index contributed by atoms with van der Waals surface area (Å²) in [6.07, 6.45) is 4.68. The third-order valence-corrected chi connectivity index (χ3v) is 5.43. The quantitative estimate of drug-likeness (QED) is 0.594. The van der Waals surface area contributed by atoms with E-state index < -0.39 is 5.97 Å². The number of hydrogen-bond acceptors (Lipinski definition) is 6. The number of esters is 1. The van der Waals surface area contributed by atoms with Crippen molar-refractivity contribution in [3.63, 3.8) is 0 Å². The molecule has 2 fully saturated rings. The van der Waals surface area contributed by atoms with Gasteiger partial charge in [-0.25, -0.2) is 4.79 Å². The molecule has 2 aliphatic rings. The predicted molar refractivity (Wildman–Crippen MR) is 97.4 cm³/mol. The van der Waals surface area contributed by atoms with Crippen molar-refractivity contribution in [1.82, 2.24) is 14.8 Å². The third kappa shape index (κ3) is 3.60. The van der Waals surface area contributed by atoms with Crippen molar-refractivity contribution in [2.75, 3.05) is 18.2 Å². The van der Waals surface area contributed by atoms with Crippen LogP contribution in [-0.4, -0.2) is 39.5 Å². The number of rotatable bonds is 7. The van der Waals surface area contributed by atoms with E-state index in [2.05, 4.69) is 20.1 Å². The highest BCUT2D eigenvalue weighted by Crippen LogP contribution is 2.45. The van der Waals surface area contributed by atoms with Crippen LogP contribution in [0.1, 0.15) is 53.8 Å². The Hall–Kier alpha value is -2.35. The highest BCUT2D eigenvalue weighted by Gasteiger charge is 2.36. The van der Waals surface area contributed by atoms with Crippen molar-refractivity contribution in [3.05, 3.63) is 35.7 Å². The molecule has 8 heteroatoms. The van der Waals surface area contributed by atoms with Gasteiger partial charge in [-0.2, -0.15) is 0 Å². The smallest absolute Gasteiger partial charge is 0.339 e. The minimum Gasteiger partial charge on any atom is -0.465 e. The lowest BCUT2D eigenvalue weighted by Gasteiger charge is -2.10. The van der Waals surface area contributed by atoms with Gasteiger partial charge in [-0.15, -0.1) is 10.2 Å². The average molecular weight is 372 g/mol. The first-order chi connectivity index (χ1) is 12.7. The first kappa shape index (κ1) is 17.1. The molecule has 4 rings (SSSR count). The number of ether oxygens (including phenoxy) is 1. The number of nitrogens with zero attached hydrogens (tertiary/aromatic N) is 3. The summed E-state index contributed by atoms with van der Waals surface area (Å²) >= 11 is 1.39. The fraction of sp³-hybridized carbons (Fsp3) is 0.444. The SMILES string of the molecule is COC(=O)c1ccccc1NC(=O)CSc1nnc(C2CC2)n1C1CC1. The second-order valence-electron chi connectivity index (χ2n) is 6.59. The second-order valence-corrected chi connectivity index (χ2v) is 7.53. The van der Waals surface area contributed by atoms with Crippen molar-refractivity contribution in [1.29, 1.82) is 0 Å². The molecule has 0 unspecified atom stereocenters. The molecule has 136 valence electrons. The van der Waals surface area contributed by atoms with Gasteiger partial charge in [-0.05, 0) is 37.8 Å². The van der Waals surface area contributed by atoms with Gasteiger partial charge in [0.05, 0.1) is 24.1 Å². The van der Waals surface area contributed by atoms with Crippen molar-refractivity contribution in [2.24, 2.45) is 0 Å². The van der Waals surface area contributed by atoms with Gasteiger partial charge < -0.3 is 14.6 Å². The lowest BCUT2D eigenvalue weighted by molar-refractivity contribution is -0.113. The van der Waals surface area contributed by atoms with Gasteiger partial charge in [0, 0.05) is 12.0 Å². The van der Waals surface area contributed by atoms with Crippen LogP contribution in [0.4, 0.5) is 5.69 Å². The van der Waals surface area contributed by atoms with E-state index >= 15 is 0 Å². The van der Waals surface area contributed by atoms with E-state index in [4.69, 9.17) is 4.74 Å². The first-order valence-electron chi connectivity index (χ1n) is 8.72. The molecule has 1 aromatic carbocycles. The normalized spacial score (nSPS) is 16.3. The van der Waals surface area contributed by atoms with Crippen molar-refractivity contribution in [2.45, 2.75) is 42.8 Å². The van der Waals surface area contributed by atoms with Crippen LogP contribution < -0.4 is 5.32 Å². The Kier molecular flexibility index (Phi) is 4.67. The molecule has 1 heterocycles. The van der Waals surface area contributed by atoms with Gasteiger partial charge in [0.1, 0.15) is 5.82 Å². The maximum atomic E-state index is 12.4. The van der Waals surface area contributed by atoms with Gasteiger partial charge in [0.15, 0.2) is 5.16 Å². The minimum absolute atomic E-state index is 0.190. The summed E-state index contributed by atoms with van der Waals surface area (Å²) < 4.78 is 6.97. The zero-order chi connectivity index (χ0) is 18.1. The topological polar surface area (TPSA) is 86.1 Å². The summed E-state index contributed by atoms with van der Waals surface area (Å²) in [5.41, 5.74) is 0.790. The largest absolute Gasteiger partial charge is 0.465 e. The summed E-state index contributed by atoms with van der Waals surface area (Å²) in [4.78, 5) is 24.2. The number of nitrogens with one attached hydrogen (secondary N) is 1. The van der Waals surface area contributed by atoms with E-state index in [0.717, 1.165) is 23.8 Å².